The van der Waals surface area contributed by atoms with Gasteiger partial charge < -0.3 is 9.16 Å². The predicted molar refractivity (Wildman–Crippen MR) is 133 cm³/mol. The lowest BCUT2D eigenvalue weighted by Gasteiger charge is -2.39. The van der Waals surface area contributed by atoms with E-state index in [1.807, 2.05) is 6.08 Å². The maximum absolute atomic E-state index is 12.0. The number of carbonyl (C=O) groups is 1. The Labute approximate surface area is 188 Å². The maximum Gasteiger partial charge on any atom is 0.306 e. The normalized spacial score (nSPS) is 14.2. The summed E-state index contributed by atoms with van der Waals surface area (Å²) in [4.78, 5) is 12.0. The van der Waals surface area contributed by atoms with E-state index < -0.39 is 8.32 Å². The highest BCUT2D eigenvalue weighted by atomic mass is 28.4. The largest absolute Gasteiger partial charge is 0.462 e. The van der Waals surface area contributed by atoms with E-state index in [9.17, 15) is 4.79 Å². The molecule has 0 rings (SSSR count). The van der Waals surface area contributed by atoms with E-state index in [1.54, 1.807) is 6.08 Å². The molecule has 2 atom stereocenters. The molecule has 4 heteroatoms. The molecule has 0 saturated heterocycles. The summed E-state index contributed by atoms with van der Waals surface area (Å²) in [7, 11) is -1.75. The van der Waals surface area contributed by atoms with Crippen LogP contribution in [0.4, 0.5) is 0 Å². The Kier molecular flexibility index (Phi) is 15.4. The smallest absolute Gasteiger partial charge is 0.306 e. The molecule has 30 heavy (non-hydrogen) atoms. The molecule has 0 aromatic heterocycles. The zero-order chi connectivity index (χ0) is 23.0. The van der Waals surface area contributed by atoms with Crippen molar-refractivity contribution >= 4 is 14.3 Å². The van der Waals surface area contributed by atoms with Crippen molar-refractivity contribution in [3.8, 4) is 0 Å². The minimum atomic E-state index is -1.75. The number of hydrogen-bond acceptors (Lipinski definition) is 3. The Bertz CT molecular complexity index is 479. The zero-order valence-corrected chi connectivity index (χ0v) is 21.9. The number of esters is 1. The molecule has 0 fully saturated rings. The Morgan fingerprint density at radius 3 is 2.00 bits per heavy atom. The summed E-state index contributed by atoms with van der Waals surface area (Å²) < 4.78 is 12.4. The van der Waals surface area contributed by atoms with Crippen LogP contribution in [0.3, 0.4) is 0 Å². The number of hydrogen-bond donors (Lipinski definition) is 0. The van der Waals surface area contributed by atoms with Gasteiger partial charge in [-0.3, -0.25) is 4.79 Å². The number of allylic oxidation sites excluding steroid dienone is 1. The molecule has 0 spiro atoms. The van der Waals surface area contributed by atoms with Crippen LogP contribution in [0.1, 0.15) is 105 Å². The summed E-state index contributed by atoms with van der Waals surface area (Å²) in [5.41, 5.74) is 0. The van der Waals surface area contributed by atoms with Crippen molar-refractivity contribution < 1.29 is 14.0 Å². The first kappa shape index (κ1) is 29.1. The van der Waals surface area contributed by atoms with Gasteiger partial charge in [0.05, 0.1) is 0 Å². The average molecular weight is 439 g/mol. The van der Waals surface area contributed by atoms with Gasteiger partial charge in [-0.05, 0) is 63.1 Å². The van der Waals surface area contributed by atoms with Crippen LogP contribution >= 0.6 is 0 Å². The van der Waals surface area contributed by atoms with Crippen LogP contribution in [0.5, 0.6) is 0 Å². The second-order valence-corrected chi connectivity index (χ2v) is 14.9. The molecule has 3 nitrogen and oxygen atoms in total. The van der Waals surface area contributed by atoms with Gasteiger partial charge in [0.15, 0.2) is 8.32 Å². The summed E-state index contributed by atoms with van der Waals surface area (Å²) in [6.07, 6.45) is 16.2. The summed E-state index contributed by atoms with van der Waals surface area (Å²) in [6.45, 7) is 21.3. The molecule has 0 aromatic carbocycles. The van der Waals surface area contributed by atoms with Gasteiger partial charge in [-0.1, -0.05) is 65.5 Å². The first-order chi connectivity index (χ1) is 14.1. The fourth-order valence-electron chi connectivity index (χ4n) is 3.27. The third-order valence-electron chi connectivity index (χ3n) is 6.23. The molecule has 0 radical (unpaired) electrons. The molecule has 0 heterocycles. The van der Waals surface area contributed by atoms with Crippen LogP contribution in [0.25, 0.3) is 0 Å². The van der Waals surface area contributed by atoms with Gasteiger partial charge in [0.2, 0.25) is 0 Å². The van der Waals surface area contributed by atoms with Gasteiger partial charge in [0.25, 0.3) is 0 Å². The van der Waals surface area contributed by atoms with Gasteiger partial charge in [0, 0.05) is 12.5 Å². The number of ether oxygens (including phenoxy) is 1. The maximum atomic E-state index is 12.0. The molecular weight excluding hydrogens is 388 g/mol. The van der Waals surface area contributed by atoms with E-state index in [1.165, 1.54) is 12.8 Å². The van der Waals surface area contributed by atoms with Gasteiger partial charge >= 0.3 is 5.97 Å². The van der Waals surface area contributed by atoms with E-state index in [0.29, 0.717) is 12.8 Å². The molecule has 0 aliphatic rings. The highest BCUT2D eigenvalue weighted by Crippen LogP contribution is 2.38. The third-order valence-corrected chi connectivity index (χ3v) is 10.8. The average Bonchev–Trinajstić information content (AvgIpc) is 2.65. The van der Waals surface area contributed by atoms with E-state index in [-0.39, 0.29) is 23.2 Å². The van der Waals surface area contributed by atoms with Gasteiger partial charge in [-0.15, -0.1) is 13.2 Å². The van der Waals surface area contributed by atoms with Crippen molar-refractivity contribution in [2.45, 2.75) is 135 Å². The molecule has 0 bridgehead atoms. The lowest BCUT2D eigenvalue weighted by atomic mass is 10.0. The molecule has 0 N–H and O–H groups in total. The predicted octanol–water partition coefficient (Wildman–Crippen LogP) is 8.36. The number of rotatable bonds is 18. The number of carbonyl (C=O) groups excluding carboxylic acids is 1. The van der Waals surface area contributed by atoms with Crippen LogP contribution < -0.4 is 0 Å². The monoisotopic (exact) mass is 438 g/mol. The Morgan fingerprint density at radius 1 is 0.933 bits per heavy atom. The molecular formula is C26H50O3Si. The van der Waals surface area contributed by atoms with Gasteiger partial charge in [-0.2, -0.15) is 0 Å². The summed E-state index contributed by atoms with van der Waals surface area (Å²) >= 11 is 0. The fraction of sp³-hybridized carbons (Fsp3) is 0.808. The Morgan fingerprint density at radius 2 is 1.50 bits per heavy atom. The molecule has 0 saturated carbocycles. The first-order valence-electron chi connectivity index (χ1n) is 12.2. The standard InChI is InChI=1S/C26H50O3Si/c1-9-12-15-19-23(28-25(27)22-13-10-2)20-16-14-17-21-24(18-11-3)29-30(7,8)26(4,5)6/h10-11,23-24H,2-3,9,12-22H2,1,4-8H3/t23-,24+/m1/s1. The van der Waals surface area contributed by atoms with Crippen molar-refractivity contribution in [3.05, 3.63) is 25.3 Å². The van der Waals surface area contributed by atoms with Crippen molar-refractivity contribution in [1.29, 1.82) is 0 Å². The van der Waals surface area contributed by atoms with E-state index in [0.717, 1.165) is 51.4 Å². The molecule has 176 valence electrons. The van der Waals surface area contributed by atoms with Gasteiger partial charge in [-0.25, -0.2) is 0 Å². The highest BCUT2D eigenvalue weighted by Gasteiger charge is 2.38. The molecule has 0 aliphatic heterocycles. The van der Waals surface area contributed by atoms with Crippen molar-refractivity contribution in [2.75, 3.05) is 0 Å². The number of unbranched alkanes of at least 4 members (excludes halogenated alkanes) is 4. The second kappa shape index (κ2) is 15.9. The lowest BCUT2D eigenvalue weighted by Crippen LogP contribution is -2.43. The summed E-state index contributed by atoms with van der Waals surface area (Å²) in [5.74, 6) is -0.0785. The van der Waals surface area contributed by atoms with E-state index in [2.05, 4.69) is 53.9 Å². The van der Waals surface area contributed by atoms with E-state index in [4.69, 9.17) is 9.16 Å². The first-order valence-corrected chi connectivity index (χ1v) is 15.1. The topological polar surface area (TPSA) is 35.5 Å². The fourth-order valence-corrected chi connectivity index (χ4v) is 4.67. The van der Waals surface area contributed by atoms with Crippen molar-refractivity contribution in [3.63, 3.8) is 0 Å². The second-order valence-electron chi connectivity index (χ2n) is 10.1. The molecule has 0 aliphatic carbocycles. The SMILES string of the molecule is C=CCCC(=O)O[C@H](CCCCC)CCCCC[C@H](CC=C)O[Si](C)(C)C(C)(C)C. The lowest BCUT2D eigenvalue weighted by molar-refractivity contribution is -0.149. The van der Waals surface area contributed by atoms with Crippen LogP contribution in [-0.2, 0) is 14.0 Å². The van der Waals surface area contributed by atoms with Crippen molar-refractivity contribution in [1.82, 2.24) is 0 Å². The third kappa shape index (κ3) is 13.4. The zero-order valence-electron chi connectivity index (χ0n) is 20.9. The Hall–Kier alpha value is -0.873. The Balaban J connectivity index is 4.44. The van der Waals surface area contributed by atoms with Crippen LogP contribution in [-0.4, -0.2) is 26.5 Å². The summed E-state index contributed by atoms with van der Waals surface area (Å²) in [5, 5.41) is 0.230. The van der Waals surface area contributed by atoms with Crippen molar-refractivity contribution in [2.24, 2.45) is 0 Å². The highest BCUT2D eigenvalue weighted by molar-refractivity contribution is 6.74. The molecule has 0 aromatic rings. The van der Waals surface area contributed by atoms with Crippen LogP contribution in [0.2, 0.25) is 18.1 Å². The minimum Gasteiger partial charge on any atom is -0.462 e. The summed E-state index contributed by atoms with van der Waals surface area (Å²) in [6, 6.07) is 0. The van der Waals surface area contributed by atoms with Gasteiger partial charge in [0.1, 0.15) is 6.10 Å². The van der Waals surface area contributed by atoms with Crippen LogP contribution in [0.15, 0.2) is 25.3 Å². The van der Waals surface area contributed by atoms with Crippen LogP contribution in [0, 0.1) is 0 Å². The van der Waals surface area contributed by atoms with E-state index >= 15 is 0 Å². The molecule has 0 unspecified atom stereocenters. The quantitative estimate of drug-likeness (QED) is 0.0933. The minimum absolute atomic E-state index is 0.0707. The molecule has 0 amide bonds.